The molecule has 0 atom stereocenters. The zero-order chi connectivity index (χ0) is 10.5. The van der Waals surface area contributed by atoms with Gasteiger partial charge in [-0.3, -0.25) is 0 Å². The van der Waals surface area contributed by atoms with Gasteiger partial charge in [0.15, 0.2) is 0 Å². The molecule has 76 valence electrons. The molecule has 0 N–H and O–H groups in total. The second-order valence-corrected chi connectivity index (χ2v) is 4.66. The van der Waals surface area contributed by atoms with Crippen LogP contribution in [-0.2, 0) is 12.8 Å². The van der Waals surface area contributed by atoms with Gasteiger partial charge in [0.05, 0.1) is 0 Å². The topological polar surface area (TPSA) is 0 Å². The van der Waals surface area contributed by atoms with Crippen LogP contribution in [0.25, 0.3) is 22.9 Å². The molecule has 2 aliphatic rings. The lowest BCUT2D eigenvalue weighted by Gasteiger charge is -2.06. The van der Waals surface area contributed by atoms with Crippen LogP contribution in [0.4, 0.5) is 0 Å². The average Bonchev–Trinajstić information content (AvgIpc) is 2.89. The molecule has 0 bridgehead atoms. The summed E-state index contributed by atoms with van der Waals surface area (Å²) < 4.78 is 0. The van der Waals surface area contributed by atoms with E-state index in [9.17, 15) is 0 Å². The standard InChI is InChI=1S/C16H12/c1-3-11-7-15-9-13-5-2-6-14(13)10-16(15)8-12(11)4-1/h1-3,5,7-10H,4,6H2. The summed E-state index contributed by atoms with van der Waals surface area (Å²) in [6.07, 6.45) is 11.2. The second kappa shape index (κ2) is 2.85. The van der Waals surface area contributed by atoms with Gasteiger partial charge in [0.1, 0.15) is 0 Å². The second-order valence-electron chi connectivity index (χ2n) is 4.66. The minimum atomic E-state index is 1.10. The Morgan fingerprint density at radius 1 is 0.625 bits per heavy atom. The van der Waals surface area contributed by atoms with Crippen molar-refractivity contribution in [2.24, 2.45) is 0 Å². The first-order chi connectivity index (χ1) is 7.90. The molecule has 16 heavy (non-hydrogen) atoms. The highest BCUT2D eigenvalue weighted by molar-refractivity contribution is 5.90. The lowest BCUT2D eigenvalue weighted by atomic mass is 9.98. The fraction of sp³-hybridized carbons (Fsp3) is 0.125. The smallest absolute Gasteiger partial charge is 0.00880 e. The van der Waals surface area contributed by atoms with Gasteiger partial charge in [-0.2, -0.15) is 0 Å². The minimum absolute atomic E-state index is 1.10. The summed E-state index contributed by atoms with van der Waals surface area (Å²) in [5.74, 6) is 0. The van der Waals surface area contributed by atoms with E-state index in [0.29, 0.717) is 0 Å². The summed E-state index contributed by atoms with van der Waals surface area (Å²) in [4.78, 5) is 0. The Kier molecular flexibility index (Phi) is 1.49. The number of fused-ring (bicyclic) bond motifs is 3. The molecule has 2 aromatic carbocycles. The van der Waals surface area contributed by atoms with E-state index in [2.05, 4.69) is 48.6 Å². The van der Waals surface area contributed by atoms with Crippen molar-refractivity contribution in [1.29, 1.82) is 0 Å². The molecule has 2 aliphatic carbocycles. The van der Waals surface area contributed by atoms with Crippen molar-refractivity contribution in [2.45, 2.75) is 12.8 Å². The van der Waals surface area contributed by atoms with Gasteiger partial charge in [-0.05, 0) is 58.0 Å². The van der Waals surface area contributed by atoms with Gasteiger partial charge in [0.2, 0.25) is 0 Å². The SMILES string of the molecule is C1=Cc2cc3cc4c(cc3cc2C1)CC=C4. The maximum Gasteiger partial charge on any atom is -0.00880 e. The van der Waals surface area contributed by atoms with Crippen LogP contribution in [0.15, 0.2) is 36.4 Å². The lowest BCUT2D eigenvalue weighted by Crippen LogP contribution is -1.86. The van der Waals surface area contributed by atoms with Crippen LogP contribution in [0.1, 0.15) is 22.3 Å². The number of hydrogen-bond donors (Lipinski definition) is 0. The molecule has 4 rings (SSSR count). The van der Waals surface area contributed by atoms with Gasteiger partial charge >= 0.3 is 0 Å². The molecule has 0 radical (unpaired) electrons. The Labute approximate surface area is 94.9 Å². The summed E-state index contributed by atoms with van der Waals surface area (Å²) in [5.41, 5.74) is 5.74. The van der Waals surface area contributed by atoms with Gasteiger partial charge in [0, 0.05) is 0 Å². The highest BCUT2D eigenvalue weighted by atomic mass is 14.1. The molecule has 2 aromatic rings. The molecule has 0 amide bonds. The van der Waals surface area contributed by atoms with Gasteiger partial charge in [-0.1, -0.05) is 36.4 Å². The first-order valence-corrected chi connectivity index (χ1v) is 5.83. The zero-order valence-corrected chi connectivity index (χ0v) is 9.03. The molecule has 0 aromatic heterocycles. The van der Waals surface area contributed by atoms with Crippen molar-refractivity contribution in [1.82, 2.24) is 0 Å². The van der Waals surface area contributed by atoms with Crippen LogP contribution >= 0.6 is 0 Å². The van der Waals surface area contributed by atoms with Crippen LogP contribution in [0.2, 0.25) is 0 Å². The lowest BCUT2D eigenvalue weighted by molar-refractivity contribution is 1.31. The van der Waals surface area contributed by atoms with Crippen LogP contribution in [0, 0.1) is 0 Å². The molecule has 0 heteroatoms. The third-order valence-corrected chi connectivity index (χ3v) is 3.63. The Morgan fingerprint density at radius 2 is 1.12 bits per heavy atom. The third kappa shape index (κ3) is 1.04. The molecule has 0 unspecified atom stereocenters. The first kappa shape index (κ1) is 8.35. The fourth-order valence-electron chi connectivity index (χ4n) is 2.77. The molecule has 0 saturated heterocycles. The Hall–Kier alpha value is -1.82. The van der Waals surface area contributed by atoms with Gasteiger partial charge in [-0.25, -0.2) is 0 Å². The van der Waals surface area contributed by atoms with E-state index in [1.165, 1.54) is 33.0 Å². The Balaban J connectivity index is 2.07. The molecular formula is C16H12. The van der Waals surface area contributed by atoms with E-state index in [0.717, 1.165) is 12.8 Å². The predicted octanol–water partition coefficient (Wildman–Crippen LogP) is 3.98. The maximum atomic E-state index is 2.35. The van der Waals surface area contributed by atoms with E-state index in [4.69, 9.17) is 0 Å². The highest BCUT2D eigenvalue weighted by Gasteiger charge is 2.10. The van der Waals surface area contributed by atoms with Crippen LogP contribution in [0.5, 0.6) is 0 Å². The van der Waals surface area contributed by atoms with Crippen molar-refractivity contribution in [3.63, 3.8) is 0 Å². The third-order valence-electron chi connectivity index (χ3n) is 3.63. The van der Waals surface area contributed by atoms with Gasteiger partial charge in [0.25, 0.3) is 0 Å². The average molecular weight is 204 g/mol. The summed E-state index contributed by atoms with van der Waals surface area (Å²) in [6.45, 7) is 0. The van der Waals surface area contributed by atoms with E-state index < -0.39 is 0 Å². The Morgan fingerprint density at radius 3 is 1.69 bits per heavy atom. The fourth-order valence-corrected chi connectivity index (χ4v) is 2.77. The number of rotatable bonds is 0. The van der Waals surface area contributed by atoms with Gasteiger partial charge < -0.3 is 0 Å². The number of allylic oxidation sites excluding steroid dienone is 2. The van der Waals surface area contributed by atoms with E-state index >= 15 is 0 Å². The summed E-state index contributed by atoms with van der Waals surface area (Å²) >= 11 is 0. The normalized spacial score (nSPS) is 15.8. The van der Waals surface area contributed by atoms with Crippen molar-refractivity contribution >= 4 is 22.9 Å². The summed E-state index contributed by atoms with van der Waals surface area (Å²) in [6, 6.07) is 9.34. The van der Waals surface area contributed by atoms with E-state index in [-0.39, 0.29) is 0 Å². The van der Waals surface area contributed by atoms with Crippen molar-refractivity contribution in [3.05, 3.63) is 58.7 Å². The predicted molar refractivity (Wildman–Crippen MR) is 69.4 cm³/mol. The van der Waals surface area contributed by atoms with Gasteiger partial charge in [-0.15, -0.1) is 0 Å². The van der Waals surface area contributed by atoms with Crippen molar-refractivity contribution in [2.75, 3.05) is 0 Å². The zero-order valence-electron chi connectivity index (χ0n) is 9.03. The largest absolute Gasteiger partial charge is 0.0795 e. The monoisotopic (exact) mass is 204 g/mol. The van der Waals surface area contributed by atoms with E-state index in [1.807, 2.05) is 0 Å². The Bertz CT molecular complexity index is 603. The molecule has 0 fully saturated rings. The van der Waals surface area contributed by atoms with Crippen molar-refractivity contribution < 1.29 is 0 Å². The molecule has 0 spiro atoms. The summed E-state index contributed by atoms with van der Waals surface area (Å²) in [5, 5.41) is 2.76. The van der Waals surface area contributed by atoms with Crippen LogP contribution in [-0.4, -0.2) is 0 Å². The molecule has 0 heterocycles. The number of benzene rings is 2. The first-order valence-electron chi connectivity index (χ1n) is 5.83. The van der Waals surface area contributed by atoms with Crippen LogP contribution in [0.3, 0.4) is 0 Å². The molecule has 0 saturated carbocycles. The molecule has 0 nitrogen and oxygen atoms in total. The van der Waals surface area contributed by atoms with E-state index in [1.54, 1.807) is 0 Å². The highest BCUT2D eigenvalue weighted by Crippen LogP contribution is 2.30. The number of hydrogen-bond acceptors (Lipinski definition) is 0. The van der Waals surface area contributed by atoms with Crippen molar-refractivity contribution in [3.8, 4) is 0 Å². The molecular weight excluding hydrogens is 192 g/mol. The quantitative estimate of drug-likeness (QED) is 0.609. The molecule has 0 aliphatic heterocycles. The van der Waals surface area contributed by atoms with Crippen LogP contribution < -0.4 is 0 Å². The summed E-state index contributed by atoms with van der Waals surface area (Å²) in [7, 11) is 0. The maximum absolute atomic E-state index is 2.35. The minimum Gasteiger partial charge on any atom is -0.0795 e.